The summed E-state index contributed by atoms with van der Waals surface area (Å²) >= 11 is 0. The van der Waals surface area contributed by atoms with Crippen molar-refractivity contribution in [3.05, 3.63) is 29.3 Å². The van der Waals surface area contributed by atoms with Crippen molar-refractivity contribution in [2.45, 2.75) is 52.2 Å². The monoisotopic (exact) mass is 266 g/mol. The molecule has 0 saturated carbocycles. The van der Waals surface area contributed by atoms with Crippen molar-refractivity contribution < 1.29 is 14.6 Å². The Labute approximate surface area is 116 Å². The molecular formula is C16H26O3. The zero-order chi connectivity index (χ0) is 14.5. The fourth-order valence-corrected chi connectivity index (χ4v) is 2.25. The first kappa shape index (κ1) is 16.0. The Morgan fingerprint density at radius 3 is 2.53 bits per heavy atom. The Morgan fingerprint density at radius 2 is 2.00 bits per heavy atom. The van der Waals surface area contributed by atoms with Crippen LogP contribution in [-0.2, 0) is 11.2 Å². The molecule has 0 aromatic heterocycles. The molecule has 0 spiro atoms. The molecule has 0 aliphatic rings. The van der Waals surface area contributed by atoms with Crippen LogP contribution in [0.25, 0.3) is 0 Å². The molecule has 3 heteroatoms. The average molecular weight is 266 g/mol. The molecule has 0 bridgehead atoms. The molecule has 0 aliphatic carbocycles. The molecule has 108 valence electrons. The molecule has 0 amide bonds. The summed E-state index contributed by atoms with van der Waals surface area (Å²) in [5.41, 5.74) is 1.68. The van der Waals surface area contributed by atoms with Crippen LogP contribution in [0.2, 0.25) is 0 Å². The quantitative estimate of drug-likeness (QED) is 0.824. The molecule has 0 saturated heterocycles. The minimum Gasteiger partial charge on any atom is -0.496 e. The fraction of sp³-hybridized carbons (Fsp3) is 0.625. The Balaban J connectivity index is 2.91. The van der Waals surface area contributed by atoms with Gasteiger partial charge in [-0.3, -0.25) is 0 Å². The highest BCUT2D eigenvalue weighted by Gasteiger charge is 2.32. The molecule has 0 fully saturated rings. The molecule has 1 rings (SSSR count). The predicted molar refractivity (Wildman–Crippen MR) is 77.8 cm³/mol. The smallest absolute Gasteiger partial charge is 0.122 e. The van der Waals surface area contributed by atoms with Crippen molar-refractivity contribution in [2.24, 2.45) is 0 Å². The Morgan fingerprint density at radius 1 is 1.32 bits per heavy atom. The first-order valence-electron chi connectivity index (χ1n) is 6.92. The summed E-state index contributed by atoms with van der Waals surface area (Å²) in [6.45, 7) is 8.59. The third-order valence-electron chi connectivity index (χ3n) is 3.73. The molecule has 0 heterocycles. The van der Waals surface area contributed by atoms with Crippen LogP contribution in [0.4, 0.5) is 0 Å². The molecule has 0 aliphatic heterocycles. The molecule has 0 radical (unpaired) electrons. The summed E-state index contributed by atoms with van der Waals surface area (Å²) in [5.74, 6) is 0.819. The second-order valence-electron chi connectivity index (χ2n) is 5.13. The van der Waals surface area contributed by atoms with Gasteiger partial charge in [0.05, 0.1) is 18.8 Å². The van der Waals surface area contributed by atoms with Crippen molar-refractivity contribution >= 4 is 0 Å². The number of aliphatic hydroxyl groups excluding tert-OH is 1. The number of hydrogen-bond acceptors (Lipinski definition) is 3. The van der Waals surface area contributed by atoms with Gasteiger partial charge < -0.3 is 14.6 Å². The zero-order valence-electron chi connectivity index (χ0n) is 12.7. The normalized spacial score (nSPS) is 15.9. The van der Waals surface area contributed by atoms with Gasteiger partial charge in [-0.25, -0.2) is 0 Å². The lowest BCUT2D eigenvalue weighted by atomic mass is 9.90. The Bertz CT molecular complexity index is 403. The number of aryl methyl sites for hydroxylation is 1. The molecule has 1 N–H and O–H groups in total. The molecule has 2 atom stereocenters. The Kier molecular flexibility index (Phi) is 5.83. The van der Waals surface area contributed by atoms with E-state index in [4.69, 9.17) is 9.47 Å². The van der Waals surface area contributed by atoms with E-state index < -0.39 is 11.7 Å². The Hall–Kier alpha value is -1.06. The number of methoxy groups -OCH3 is 1. The van der Waals surface area contributed by atoms with E-state index in [1.807, 2.05) is 39.8 Å². The van der Waals surface area contributed by atoms with E-state index in [2.05, 4.69) is 6.07 Å². The van der Waals surface area contributed by atoms with Gasteiger partial charge in [-0.15, -0.1) is 0 Å². The number of rotatable bonds is 7. The predicted octanol–water partition coefficient (Wildman–Crippen LogP) is 3.11. The first-order valence-corrected chi connectivity index (χ1v) is 6.92. The SMILES string of the molecule is CCOC(C)(CC)C(O)Cc1cc(C)ccc1OC. The van der Waals surface area contributed by atoms with Gasteiger partial charge in [0.2, 0.25) is 0 Å². The topological polar surface area (TPSA) is 38.7 Å². The van der Waals surface area contributed by atoms with Gasteiger partial charge in [0.15, 0.2) is 0 Å². The van der Waals surface area contributed by atoms with Gasteiger partial charge in [-0.05, 0) is 38.8 Å². The number of hydrogen-bond donors (Lipinski definition) is 1. The molecule has 1 aromatic rings. The molecular weight excluding hydrogens is 240 g/mol. The van der Waals surface area contributed by atoms with Crippen LogP contribution in [-0.4, -0.2) is 30.5 Å². The summed E-state index contributed by atoms with van der Waals surface area (Å²) in [7, 11) is 1.65. The fourth-order valence-electron chi connectivity index (χ4n) is 2.25. The van der Waals surface area contributed by atoms with Crippen LogP contribution >= 0.6 is 0 Å². The number of aliphatic hydroxyl groups is 1. The first-order chi connectivity index (χ1) is 8.96. The maximum Gasteiger partial charge on any atom is 0.122 e. The second-order valence-corrected chi connectivity index (χ2v) is 5.13. The average Bonchev–Trinajstić information content (AvgIpc) is 2.39. The third kappa shape index (κ3) is 3.95. The lowest BCUT2D eigenvalue weighted by molar-refractivity contribution is -0.110. The van der Waals surface area contributed by atoms with Gasteiger partial charge in [0.25, 0.3) is 0 Å². The zero-order valence-corrected chi connectivity index (χ0v) is 12.7. The van der Waals surface area contributed by atoms with E-state index >= 15 is 0 Å². The number of ether oxygens (including phenoxy) is 2. The lowest BCUT2D eigenvalue weighted by Crippen LogP contribution is -2.43. The van der Waals surface area contributed by atoms with E-state index in [1.165, 1.54) is 0 Å². The van der Waals surface area contributed by atoms with Gasteiger partial charge in [-0.1, -0.05) is 24.6 Å². The van der Waals surface area contributed by atoms with Crippen molar-refractivity contribution in [1.82, 2.24) is 0 Å². The highest BCUT2D eigenvalue weighted by Crippen LogP contribution is 2.27. The highest BCUT2D eigenvalue weighted by atomic mass is 16.5. The highest BCUT2D eigenvalue weighted by molar-refractivity contribution is 5.37. The summed E-state index contributed by atoms with van der Waals surface area (Å²) < 4.78 is 11.1. The largest absolute Gasteiger partial charge is 0.496 e. The van der Waals surface area contributed by atoms with Crippen LogP contribution in [0.1, 0.15) is 38.3 Å². The van der Waals surface area contributed by atoms with E-state index in [0.717, 1.165) is 23.3 Å². The standard InChI is InChI=1S/C16H26O3/c1-6-16(4,19-7-2)15(17)11-13-10-12(3)8-9-14(13)18-5/h8-10,15,17H,6-7,11H2,1-5H3. The summed E-state index contributed by atoms with van der Waals surface area (Å²) in [4.78, 5) is 0. The van der Waals surface area contributed by atoms with Crippen LogP contribution < -0.4 is 4.74 Å². The van der Waals surface area contributed by atoms with Crippen LogP contribution in [0.15, 0.2) is 18.2 Å². The van der Waals surface area contributed by atoms with E-state index in [1.54, 1.807) is 7.11 Å². The second kappa shape index (κ2) is 6.92. The van der Waals surface area contributed by atoms with Gasteiger partial charge in [-0.2, -0.15) is 0 Å². The van der Waals surface area contributed by atoms with E-state index in [-0.39, 0.29) is 0 Å². The molecule has 3 nitrogen and oxygen atoms in total. The van der Waals surface area contributed by atoms with E-state index in [0.29, 0.717) is 13.0 Å². The van der Waals surface area contributed by atoms with Crippen LogP contribution in [0.5, 0.6) is 5.75 Å². The molecule has 1 aromatic carbocycles. The molecule has 19 heavy (non-hydrogen) atoms. The maximum atomic E-state index is 10.5. The van der Waals surface area contributed by atoms with Crippen molar-refractivity contribution in [1.29, 1.82) is 0 Å². The molecule has 2 unspecified atom stereocenters. The summed E-state index contributed by atoms with van der Waals surface area (Å²) in [6, 6.07) is 6.02. The minimum absolute atomic E-state index is 0.510. The van der Waals surface area contributed by atoms with Crippen molar-refractivity contribution in [3.8, 4) is 5.75 Å². The van der Waals surface area contributed by atoms with Gasteiger partial charge in [0, 0.05) is 13.0 Å². The van der Waals surface area contributed by atoms with Crippen molar-refractivity contribution in [3.63, 3.8) is 0 Å². The minimum atomic E-state index is -0.548. The van der Waals surface area contributed by atoms with Gasteiger partial charge in [0.1, 0.15) is 5.75 Å². The van der Waals surface area contributed by atoms with E-state index in [9.17, 15) is 5.11 Å². The van der Waals surface area contributed by atoms with Crippen LogP contribution in [0.3, 0.4) is 0 Å². The van der Waals surface area contributed by atoms with Crippen LogP contribution in [0, 0.1) is 6.92 Å². The summed E-state index contributed by atoms with van der Waals surface area (Å²) in [5, 5.41) is 10.5. The van der Waals surface area contributed by atoms with Gasteiger partial charge >= 0.3 is 0 Å². The third-order valence-corrected chi connectivity index (χ3v) is 3.73. The number of benzene rings is 1. The lowest BCUT2D eigenvalue weighted by Gasteiger charge is -2.33. The van der Waals surface area contributed by atoms with Crippen molar-refractivity contribution in [2.75, 3.05) is 13.7 Å². The summed E-state index contributed by atoms with van der Waals surface area (Å²) in [6.07, 6.45) is 0.763. The maximum absolute atomic E-state index is 10.5.